The SMILES string of the molecule is O=C(Nc1ccccc1O)c1oc2ccccc2c1CSc1cccs1. The Kier molecular flexibility index (Phi) is 4.69. The van der Waals surface area contributed by atoms with Crippen molar-refractivity contribution in [3.05, 3.63) is 77.4 Å². The Balaban J connectivity index is 1.68. The molecule has 4 nitrogen and oxygen atoms in total. The Morgan fingerprint density at radius 1 is 1.08 bits per heavy atom. The summed E-state index contributed by atoms with van der Waals surface area (Å²) in [4.78, 5) is 12.8. The molecule has 4 aromatic rings. The second-order valence-corrected chi connectivity index (χ2v) is 7.82. The van der Waals surface area contributed by atoms with Crippen LogP contribution in [0.15, 0.2) is 74.7 Å². The lowest BCUT2D eigenvalue weighted by molar-refractivity contribution is 0.0997. The van der Waals surface area contributed by atoms with Crippen molar-refractivity contribution in [1.29, 1.82) is 0 Å². The van der Waals surface area contributed by atoms with Gasteiger partial charge in [0.25, 0.3) is 5.91 Å². The lowest BCUT2D eigenvalue weighted by Gasteiger charge is -2.07. The van der Waals surface area contributed by atoms with Crippen LogP contribution in [0.3, 0.4) is 0 Å². The number of phenolic OH excluding ortho intramolecular Hbond substituents is 1. The van der Waals surface area contributed by atoms with Crippen LogP contribution < -0.4 is 5.32 Å². The molecule has 2 heterocycles. The first kappa shape index (κ1) is 16.8. The maximum absolute atomic E-state index is 12.8. The van der Waals surface area contributed by atoms with Gasteiger partial charge < -0.3 is 14.8 Å². The second kappa shape index (κ2) is 7.27. The number of carbonyl (C=O) groups excluding carboxylic acids is 1. The average molecular weight is 381 g/mol. The zero-order valence-corrected chi connectivity index (χ0v) is 15.3. The van der Waals surface area contributed by atoms with Crippen LogP contribution in [-0.4, -0.2) is 11.0 Å². The van der Waals surface area contributed by atoms with Crippen LogP contribution in [-0.2, 0) is 5.75 Å². The number of phenols is 1. The van der Waals surface area contributed by atoms with Gasteiger partial charge in [-0.25, -0.2) is 0 Å². The van der Waals surface area contributed by atoms with Crippen molar-refractivity contribution in [3.8, 4) is 5.75 Å². The van der Waals surface area contributed by atoms with E-state index < -0.39 is 0 Å². The van der Waals surface area contributed by atoms with E-state index in [-0.39, 0.29) is 17.4 Å². The number of para-hydroxylation sites is 3. The van der Waals surface area contributed by atoms with E-state index in [1.807, 2.05) is 35.7 Å². The first-order valence-corrected chi connectivity index (χ1v) is 9.85. The molecule has 0 aliphatic carbocycles. The van der Waals surface area contributed by atoms with Gasteiger partial charge in [-0.3, -0.25) is 4.79 Å². The standard InChI is InChI=1S/C20H15NO3S2/c22-16-8-3-2-7-15(16)21-20(23)19-14(12-26-18-10-5-11-25-18)13-6-1-4-9-17(13)24-19/h1-11,22H,12H2,(H,21,23). The third kappa shape index (κ3) is 3.34. The van der Waals surface area contributed by atoms with Gasteiger partial charge in [0.05, 0.1) is 9.90 Å². The number of nitrogens with one attached hydrogen (secondary N) is 1. The molecule has 0 radical (unpaired) electrons. The van der Waals surface area contributed by atoms with E-state index in [1.165, 1.54) is 10.3 Å². The zero-order valence-electron chi connectivity index (χ0n) is 13.6. The number of benzene rings is 2. The number of furan rings is 1. The molecular weight excluding hydrogens is 366 g/mol. The van der Waals surface area contributed by atoms with Gasteiger partial charge in [0.1, 0.15) is 11.3 Å². The lowest BCUT2D eigenvalue weighted by Crippen LogP contribution is -2.12. The van der Waals surface area contributed by atoms with Crippen LogP contribution in [0.2, 0.25) is 0 Å². The Hall–Kier alpha value is -2.70. The lowest BCUT2D eigenvalue weighted by atomic mass is 10.1. The van der Waals surface area contributed by atoms with E-state index in [1.54, 1.807) is 41.3 Å². The van der Waals surface area contributed by atoms with Crippen molar-refractivity contribution < 1.29 is 14.3 Å². The van der Waals surface area contributed by atoms with E-state index in [2.05, 4.69) is 11.4 Å². The fourth-order valence-electron chi connectivity index (χ4n) is 2.67. The van der Waals surface area contributed by atoms with E-state index in [4.69, 9.17) is 4.42 Å². The maximum atomic E-state index is 12.8. The van der Waals surface area contributed by atoms with Crippen LogP contribution in [0, 0.1) is 0 Å². The van der Waals surface area contributed by atoms with Crippen LogP contribution in [0.4, 0.5) is 5.69 Å². The van der Waals surface area contributed by atoms with Gasteiger partial charge in [0.15, 0.2) is 5.76 Å². The van der Waals surface area contributed by atoms with Crippen molar-refractivity contribution in [1.82, 2.24) is 0 Å². The molecule has 0 aliphatic heterocycles. The quantitative estimate of drug-likeness (QED) is 0.342. The number of hydrogen-bond donors (Lipinski definition) is 2. The summed E-state index contributed by atoms with van der Waals surface area (Å²) in [5.41, 5.74) is 1.89. The highest BCUT2D eigenvalue weighted by atomic mass is 32.2. The van der Waals surface area contributed by atoms with E-state index >= 15 is 0 Å². The van der Waals surface area contributed by atoms with Crippen molar-refractivity contribution in [2.24, 2.45) is 0 Å². The summed E-state index contributed by atoms with van der Waals surface area (Å²) in [6, 6.07) is 18.3. The smallest absolute Gasteiger partial charge is 0.291 e. The predicted octanol–water partition coefficient (Wildman–Crippen LogP) is 5.74. The number of thiophene rings is 1. The number of aromatic hydroxyl groups is 1. The summed E-state index contributed by atoms with van der Waals surface area (Å²) < 4.78 is 7.02. The van der Waals surface area contributed by atoms with E-state index in [0.29, 0.717) is 17.0 Å². The van der Waals surface area contributed by atoms with Gasteiger partial charge in [-0.2, -0.15) is 0 Å². The summed E-state index contributed by atoms with van der Waals surface area (Å²) in [6.07, 6.45) is 0. The van der Waals surface area contributed by atoms with E-state index in [9.17, 15) is 9.90 Å². The summed E-state index contributed by atoms with van der Waals surface area (Å²) >= 11 is 3.34. The van der Waals surface area contributed by atoms with Crippen molar-refractivity contribution in [3.63, 3.8) is 0 Å². The molecule has 0 unspecified atom stereocenters. The molecule has 1 amide bonds. The molecular formula is C20H15NO3S2. The molecule has 2 aromatic heterocycles. The van der Waals surface area contributed by atoms with Gasteiger partial charge in [0, 0.05) is 16.7 Å². The minimum absolute atomic E-state index is 0.0199. The topological polar surface area (TPSA) is 62.5 Å². The highest BCUT2D eigenvalue weighted by Crippen LogP contribution is 2.34. The summed E-state index contributed by atoms with van der Waals surface area (Å²) in [5.74, 6) is 0.551. The van der Waals surface area contributed by atoms with Crippen molar-refractivity contribution in [2.45, 2.75) is 9.96 Å². The molecule has 0 spiro atoms. The molecule has 0 fully saturated rings. The molecule has 6 heteroatoms. The Morgan fingerprint density at radius 2 is 1.88 bits per heavy atom. The molecule has 0 saturated heterocycles. The molecule has 0 atom stereocenters. The maximum Gasteiger partial charge on any atom is 0.291 e. The highest BCUT2D eigenvalue weighted by molar-refractivity contribution is 8.00. The summed E-state index contributed by atoms with van der Waals surface area (Å²) in [6.45, 7) is 0. The van der Waals surface area contributed by atoms with Crippen LogP contribution in [0.1, 0.15) is 16.1 Å². The largest absolute Gasteiger partial charge is 0.506 e. The Labute approximate surface area is 158 Å². The van der Waals surface area contributed by atoms with Gasteiger partial charge in [0.2, 0.25) is 0 Å². The molecule has 0 saturated carbocycles. The highest BCUT2D eigenvalue weighted by Gasteiger charge is 2.21. The second-order valence-electron chi connectivity index (χ2n) is 5.60. The minimum Gasteiger partial charge on any atom is -0.506 e. The zero-order chi connectivity index (χ0) is 17.9. The normalized spacial score (nSPS) is 10.9. The number of hydrogen-bond acceptors (Lipinski definition) is 5. The first-order valence-electron chi connectivity index (χ1n) is 7.98. The van der Waals surface area contributed by atoms with Gasteiger partial charge in [-0.1, -0.05) is 36.4 Å². The number of fused-ring (bicyclic) bond motifs is 1. The molecule has 0 bridgehead atoms. The number of anilines is 1. The van der Waals surface area contributed by atoms with Crippen LogP contribution in [0.5, 0.6) is 5.75 Å². The summed E-state index contributed by atoms with van der Waals surface area (Å²) in [5, 5.41) is 15.6. The van der Waals surface area contributed by atoms with Crippen LogP contribution in [0.25, 0.3) is 11.0 Å². The Bertz CT molecular complexity index is 1050. The predicted molar refractivity (Wildman–Crippen MR) is 106 cm³/mol. The minimum atomic E-state index is -0.371. The monoisotopic (exact) mass is 381 g/mol. The van der Waals surface area contributed by atoms with Crippen molar-refractivity contribution in [2.75, 3.05) is 5.32 Å². The number of rotatable bonds is 5. The molecule has 26 heavy (non-hydrogen) atoms. The molecule has 2 N–H and O–H groups in total. The average Bonchev–Trinajstić information content (AvgIpc) is 3.29. The van der Waals surface area contributed by atoms with Gasteiger partial charge in [-0.15, -0.1) is 23.1 Å². The third-order valence-corrected chi connectivity index (χ3v) is 6.07. The Morgan fingerprint density at radius 3 is 2.69 bits per heavy atom. The molecule has 130 valence electrons. The summed E-state index contributed by atoms with van der Waals surface area (Å²) in [7, 11) is 0. The number of carbonyl (C=O) groups is 1. The first-order chi connectivity index (χ1) is 12.7. The van der Waals surface area contributed by atoms with Crippen molar-refractivity contribution >= 4 is 45.7 Å². The number of amides is 1. The van der Waals surface area contributed by atoms with Gasteiger partial charge >= 0.3 is 0 Å². The fraction of sp³-hybridized carbons (Fsp3) is 0.0500. The third-order valence-electron chi connectivity index (χ3n) is 3.91. The van der Waals surface area contributed by atoms with Crippen LogP contribution >= 0.6 is 23.1 Å². The van der Waals surface area contributed by atoms with Gasteiger partial charge in [-0.05, 0) is 29.6 Å². The number of thioether (sulfide) groups is 1. The molecule has 0 aliphatic rings. The molecule has 4 rings (SSSR count). The van der Waals surface area contributed by atoms with E-state index in [0.717, 1.165) is 10.9 Å². The fourth-order valence-corrected chi connectivity index (χ4v) is 4.48. The molecule has 2 aromatic carbocycles.